The van der Waals surface area contributed by atoms with Crippen molar-refractivity contribution in [3.05, 3.63) is 0 Å². The fraction of sp³-hybridized carbons (Fsp3) is 1.00. The van der Waals surface area contributed by atoms with Gasteiger partial charge in [0.25, 0.3) is 0 Å². The molecule has 0 saturated carbocycles. The summed E-state index contributed by atoms with van der Waals surface area (Å²) in [6.45, 7) is 2.29. The van der Waals surface area contributed by atoms with Crippen molar-refractivity contribution in [2.24, 2.45) is 0 Å². The number of rotatable bonds is 13. The Kier molecular flexibility index (Phi) is 31.1. The zero-order valence-electron chi connectivity index (χ0n) is 17.0. The van der Waals surface area contributed by atoms with Gasteiger partial charge in [-0.3, -0.25) is 13.7 Å². The van der Waals surface area contributed by atoms with Gasteiger partial charge in [0.05, 0.1) is 0 Å². The molecular weight excluding hydrogens is 494 g/mol. The Morgan fingerprint density at radius 1 is 0.724 bits per heavy atom. The molecule has 0 aliphatic heterocycles. The molecule has 0 spiro atoms. The Morgan fingerprint density at radius 2 is 1.03 bits per heavy atom. The minimum atomic E-state index is -5.27. The number of hydrogen-bond acceptors (Lipinski definition) is 9. The van der Waals surface area contributed by atoms with Crippen molar-refractivity contribution in [3.8, 4) is 0 Å². The van der Waals surface area contributed by atoms with E-state index in [2.05, 4.69) is 15.6 Å². The first-order valence-electron chi connectivity index (χ1n) is 8.63. The van der Waals surface area contributed by atoms with Crippen molar-refractivity contribution in [2.75, 3.05) is 0 Å². The second-order valence-corrected chi connectivity index (χ2v) is 9.44. The second-order valence-electron chi connectivity index (χ2n) is 5.60. The van der Waals surface area contributed by atoms with Crippen LogP contribution in [0.25, 0.3) is 0 Å². The van der Waals surface area contributed by atoms with E-state index in [0.717, 1.165) is 0 Å². The molecule has 0 radical (unpaired) electrons. The molecule has 0 aliphatic carbocycles. The van der Waals surface area contributed by atoms with Crippen LogP contribution in [0, 0.1) is 0 Å². The fourth-order valence-corrected chi connectivity index (χ4v) is 2.86. The summed E-state index contributed by atoms with van der Waals surface area (Å²) in [7, 11) is -15.0. The quantitative estimate of drug-likeness (QED) is 0.0668. The van der Waals surface area contributed by atoms with E-state index in [1.165, 1.54) is 95.8 Å². The smallest absolute Gasteiger partial charge is 0.724 e. The van der Waals surface area contributed by atoms with Crippen LogP contribution in [0.2, 0.25) is 3.67 Å². The predicted molar refractivity (Wildman–Crippen MR) is 100.0 cm³/mol. The van der Waals surface area contributed by atoms with Gasteiger partial charge in [-0.2, -0.15) is 16.8 Å². The number of unbranched alkanes of at least 4 members (excludes halogenated alkanes) is 9. The molecule has 0 aromatic heterocycles. The summed E-state index contributed by atoms with van der Waals surface area (Å²) in [5.41, 5.74) is 0. The number of hydrogen-bond donors (Lipinski definition) is 3. The van der Waals surface area contributed by atoms with Crippen molar-refractivity contribution in [1.29, 1.82) is 0 Å². The molecule has 0 aromatic carbocycles. The Hall–Kier alpha value is 2.25. The molecule has 0 fully saturated rings. The van der Waals surface area contributed by atoms with E-state index in [1.54, 1.807) is 0 Å². The van der Waals surface area contributed by atoms with Gasteiger partial charge in [-0.25, -0.2) is 8.42 Å². The molecule has 168 valence electrons. The molecule has 0 unspecified atom stereocenters. The van der Waals surface area contributed by atoms with E-state index in [-0.39, 0.29) is 51.4 Å². The first-order chi connectivity index (χ1) is 12.6. The van der Waals surface area contributed by atoms with Crippen molar-refractivity contribution in [1.82, 2.24) is 0 Å². The first-order valence-corrected chi connectivity index (χ1v) is 14.1. The third-order valence-electron chi connectivity index (χ3n) is 2.90. The molecule has 0 bridgehead atoms. The Bertz CT molecular complexity index is 602. The maximum Gasteiger partial charge on any atom is 1.00 e. The van der Waals surface area contributed by atoms with E-state index in [9.17, 15) is 21.4 Å². The molecule has 29 heavy (non-hydrogen) atoms. The van der Waals surface area contributed by atoms with Gasteiger partial charge in [-0.05, 0) is 0 Å². The molecule has 0 aliphatic rings. The zero-order valence-corrected chi connectivity index (χ0v) is 24.6. The standard InChI is InChI=1S/C12H25.K.Na.H2O8S2.H2O4S/c1-3-5-7-9-11-12-10-8-6-4-2;;;1-9(2,3)7-8-10(4,5)6;1-5(2,3)4/h1,3-12H2,2H3;;;(H,1,2,3)(H,4,5,6);(H2,1,2,3,4)/q;+1;;;/p-1. The largest absolute Gasteiger partial charge is 1.00 e. The van der Waals surface area contributed by atoms with Crippen LogP contribution in [0.1, 0.15) is 71.1 Å². The van der Waals surface area contributed by atoms with Crippen molar-refractivity contribution in [3.63, 3.8) is 0 Å². The van der Waals surface area contributed by atoms with E-state index < -0.39 is 31.2 Å². The van der Waals surface area contributed by atoms with Gasteiger partial charge in [0.1, 0.15) is 0 Å². The maximum absolute atomic E-state index is 9.48. The van der Waals surface area contributed by atoms with Crippen LogP contribution in [0.3, 0.4) is 0 Å². The van der Waals surface area contributed by atoms with E-state index in [4.69, 9.17) is 22.1 Å². The van der Waals surface area contributed by atoms with Gasteiger partial charge in [0, 0.05) is 0 Å². The first kappa shape index (κ1) is 38.5. The summed E-state index contributed by atoms with van der Waals surface area (Å²) >= 11 is 1.41. The van der Waals surface area contributed by atoms with Crippen molar-refractivity contribution < 1.29 is 104 Å². The third kappa shape index (κ3) is 65.1. The van der Waals surface area contributed by atoms with Gasteiger partial charge in [-0.1, -0.05) is 8.67 Å². The van der Waals surface area contributed by atoms with Crippen LogP contribution < -0.4 is 51.4 Å². The van der Waals surface area contributed by atoms with E-state index in [1.807, 2.05) is 0 Å². The molecule has 0 rings (SSSR count). The molecule has 3 N–H and O–H groups in total. The van der Waals surface area contributed by atoms with Crippen LogP contribution in [-0.2, 0) is 39.9 Å². The van der Waals surface area contributed by atoms with Crippen LogP contribution in [-0.4, -0.2) is 71.4 Å². The van der Waals surface area contributed by atoms with Crippen molar-refractivity contribution >= 4 is 59.1 Å². The average molecular weight is 523 g/mol. The molecule has 0 heterocycles. The molecule has 17 heteroatoms. The topological polar surface area (TPSA) is 205 Å². The van der Waals surface area contributed by atoms with Gasteiger partial charge in [0.15, 0.2) is 0 Å². The molecular formula is C12H28KNaO12S3. The maximum atomic E-state index is 9.48. The minimum absolute atomic E-state index is 0. The second kappa shape index (κ2) is 23.4. The molecule has 12 nitrogen and oxygen atoms in total. The molecule has 0 atom stereocenters. The summed E-state index contributed by atoms with van der Waals surface area (Å²) in [5.74, 6) is 0. The van der Waals surface area contributed by atoms with Gasteiger partial charge < -0.3 is 4.55 Å². The summed E-state index contributed by atoms with van der Waals surface area (Å²) in [6.07, 6.45) is 14.7. The average Bonchev–Trinajstić information content (AvgIpc) is 2.49. The van der Waals surface area contributed by atoms with Crippen molar-refractivity contribution in [2.45, 2.75) is 74.8 Å². The van der Waals surface area contributed by atoms with Crippen LogP contribution in [0.5, 0.6) is 0 Å². The molecule has 0 aromatic rings. The monoisotopic (exact) mass is 522 g/mol. The Morgan fingerprint density at radius 3 is 1.24 bits per heavy atom. The van der Waals surface area contributed by atoms with Gasteiger partial charge in [0.2, 0.25) is 10.4 Å². The Labute approximate surface area is 234 Å². The van der Waals surface area contributed by atoms with Gasteiger partial charge >= 0.3 is 175 Å². The summed E-state index contributed by atoms with van der Waals surface area (Å²) in [6, 6.07) is 0. The van der Waals surface area contributed by atoms with Crippen LogP contribution >= 0.6 is 0 Å². The molecule has 0 saturated heterocycles. The van der Waals surface area contributed by atoms with E-state index in [0.29, 0.717) is 0 Å². The summed E-state index contributed by atoms with van der Waals surface area (Å²) < 4.78 is 93.3. The SMILES string of the molecule is CCCCCCCCCCC[CH2][Na].O=S(=O)(O)O.O=S(=O)([O-])OOS(=O)(=O)O.[K+]. The fourth-order valence-electron chi connectivity index (χ4n) is 1.81. The minimum Gasteiger partial charge on any atom is -0.724 e. The summed E-state index contributed by atoms with van der Waals surface area (Å²) in [4.78, 5) is 0. The molecule has 0 amide bonds. The van der Waals surface area contributed by atoms with Gasteiger partial charge in [-0.15, -0.1) is 0 Å². The summed E-state index contributed by atoms with van der Waals surface area (Å²) in [5, 5.41) is 0. The predicted octanol–water partition coefficient (Wildman–Crippen LogP) is -0.957. The van der Waals surface area contributed by atoms with Crippen LogP contribution in [0.4, 0.5) is 0 Å². The normalized spacial score (nSPS) is 11.4. The van der Waals surface area contributed by atoms with E-state index >= 15 is 0 Å². The van der Waals surface area contributed by atoms with Crippen LogP contribution in [0.15, 0.2) is 0 Å². The zero-order chi connectivity index (χ0) is 22.7. The Balaban J connectivity index is -0.000000174. The third-order valence-corrected chi connectivity index (χ3v) is 4.17.